The molecule has 130 valence electrons. The van der Waals surface area contributed by atoms with E-state index >= 15 is 0 Å². The van der Waals surface area contributed by atoms with E-state index in [1.807, 2.05) is 6.07 Å². The summed E-state index contributed by atoms with van der Waals surface area (Å²) in [6, 6.07) is 6.37. The Morgan fingerprint density at radius 3 is 2.80 bits per heavy atom. The number of nitrogens with zero attached hydrogens (tertiary/aromatic N) is 2. The monoisotopic (exact) mass is 406 g/mol. The standard InChI is InChI=1S/C17H16BrFN4O2/c1-10-15(22-14-5-4-11(18)8-13(14)19)12(9-23(2)17(10)25)16(24)21-7-3-6-20/h4-5,8-9,22H,3,7H2,1-2H3,(H,21,24). The molecule has 1 aromatic heterocycles. The van der Waals surface area contributed by atoms with Crippen LogP contribution in [0, 0.1) is 24.1 Å². The Balaban J connectivity index is 2.48. The van der Waals surface area contributed by atoms with Gasteiger partial charge in [-0.2, -0.15) is 5.26 Å². The molecule has 2 N–H and O–H groups in total. The van der Waals surface area contributed by atoms with Crippen LogP contribution in [0.2, 0.25) is 0 Å². The molecule has 25 heavy (non-hydrogen) atoms. The van der Waals surface area contributed by atoms with Gasteiger partial charge in [0.25, 0.3) is 11.5 Å². The lowest BCUT2D eigenvalue weighted by Gasteiger charge is -2.16. The number of aromatic nitrogens is 1. The van der Waals surface area contributed by atoms with Gasteiger partial charge in [0.05, 0.1) is 29.4 Å². The van der Waals surface area contributed by atoms with Crippen LogP contribution < -0.4 is 16.2 Å². The number of aryl methyl sites for hydroxylation is 1. The number of pyridine rings is 1. The average molecular weight is 407 g/mol. The summed E-state index contributed by atoms with van der Waals surface area (Å²) < 4.78 is 16.0. The van der Waals surface area contributed by atoms with Crippen LogP contribution >= 0.6 is 15.9 Å². The van der Waals surface area contributed by atoms with Crippen molar-refractivity contribution in [3.05, 3.63) is 56.2 Å². The largest absolute Gasteiger partial charge is 0.352 e. The highest BCUT2D eigenvalue weighted by Gasteiger charge is 2.18. The van der Waals surface area contributed by atoms with Crippen LogP contribution in [0.1, 0.15) is 22.3 Å². The summed E-state index contributed by atoms with van der Waals surface area (Å²) in [5.41, 5.74) is 0.565. The van der Waals surface area contributed by atoms with E-state index in [9.17, 15) is 14.0 Å². The predicted octanol–water partition coefficient (Wildman–Crippen LogP) is 2.98. The van der Waals surface area contributed by atoms with Crippen LogP contribution in [0.4, 0.5) is 15.8 Å². The molecular weight excluding hydrogens is 391 g/mol. The molecule has 0 saturated heterocycles. The maximum Gasteiger partial charge on any atom is 0.255 e. The maximum absolute atomic E-state index is 14.1. The van der Waals surface area contributed by atoms with Gasteiger partial charge < -0.3 is 15.2 Å². The number of benzene rings is 1. The number of carbonyl (C=O) groups is 1. The fraction of sp³-hybridized carbons (Fsp3) is 0.235. The third-order valence-corrected chi connectivity index (χ3v) is 4.06. The molecule has 1 amide bonds. The van der Waals surface area contributed by atoms with Crippen molar-refractivity contribution in [3.8, 4) is 6.07 Å². The lowest BCUT2D eigenvalue weighted by atomic mass is 10.1. The molecule has 1 heterocycles. The van der Waals surface area contributed by atoms with Gasteiger partial charge in [-0.15, -0.1) is 0 Å². The molecule has 0 aliphatic heterocycles. The SMILES string of the molecule is Cc1c(Nc2ccc(Br)cc2F)c(C(=O)NCCC#N)cn(C)c1=O. The van der Waals surface area contributed by atoms with Crippen molar-refractivity contribution in [2.75, 3.05) is 11.9 Å². The molecule has 0 aliphatic carbocycles. The zero-order valence-electron chi connectivity index (χ0n) is 13.7. The van der Waals surface area contributed by atoms with E-state index in [0.717, 1.165) is 0 Å². The summed E-state index contributed by atoms with van der Waals surface area (Å²) in [6.07, 6.45) is 1.55. The summed E-state index contributed by atoms with van der Waals surface area (Å²) in [7, 11) is 1.53. The first kappa shape index (κ1) is 18.7. The molecule has 0 aliphatic rings. The summed E-state index contributed by atoms with van der Waals surface area (Å²) >= 11 is 3.18. The second-order valence-corrected chi connectivity index (χ2v) is 6.29. The molecule has 0 unspecified atom stereocenters. The first-order valence-corrected chi connectivity index (χ1v) is 8.22. The van der Waals surface area contributed by atoms with E-state index in [2.05, 4.69) is 26.6 Å². The number of hydrogen-bond donors (Lipinski definition) is 2. The Morgan fingerprint density at radius 1 is 1.44 bits per heavy atom. The average Bonchev–Trinajstić information content (AvgIpc) is 2.57. The van der Waals surface area contributed by atoms with E-state index in [-0.39, 0.29) is 41.0 Å². The van der Waals surface area contributed by atoms with Gasteiger partial charge in [-0.1, -0.05) is 15.9 Å². The summed E-state index contributed by atoms with van der Waals surface area (Å²) in [5, 5.41) is 14.0. The maximum atomic E-state index is 14.1. The van der Waals surface area contributed by atoms with Gasteiger partial charge in [0.15, 0.2) is 0 Å². The first-order chi connectivity index (χ1) is 11.8. The molecule has 0 bridgehead atoms. The van der Waals surface area contributed by atoms with Gasteiger partial charge in [-0.25, -0.2) is 4.39 Å². The van der Waals surface area contributed by atoms with Crippen LogP contribution in [0.5, 0.6) is 0 Å². The highest BCUT2D eigenvalue weighted by Crippen LogP contribution is 2.26. The topological polar surface area (TPSA) is 86.9 Å². The molecule has 0 saturated carbocycles. The van der Waals surface area contributed by atoms with Gasteiger partial charge in [0.2, 0.25) is 0 Å². The molecule has 0 fully saturated rings. The van der Waals surface area contributed by atoms with Crippen molar-refractivity contribution in [1.82, 2.24) is 9.88 Å². The fourth-order valence-electron chi connectivity index (χ4n) is 2.28. The molecule has 0 radical (unpaired) electrons. The van der Waals surface area contributed by atoms with E-state index in [1.54, 1.807) is 13.0 Å². The van der Waals surface area contributed by atoms with Crippen LogP contribution in [-0.4, -0.2) is 17.0 Å². The van der Waals surface area contributed by atoms with E-state index < -0.39 is 11.7 Å². The second kappa shape index (κ2) is 7.94. The number of hydrogen-bond acceptors (Lipinski definition) is 4. The van der Waals surface area contributed by atoms with Crippen molar-refractivity contribution in [1.29, 1.82) is 5.26 Å². The number of anilines is 2. The molecule has 8 heteroatoms. The molecule has 2 rings (SSSR count). The fourth-order valence-corrected chi connectivity index (χ4v) is 2.61. The van der Waals surface area contributed by atoms with Crippen molar-refractivity contribution < 1.29 is 9.18 Å². The van der Waals surface area contributed by atoms with Crippen LogP contribution in [-0.2, 0) is 7.05 Å². The lowest BCUT2D eigenvalue weighted by molar-refractivity contribution is 0.0954. The molecule has 6 nitrogen and oxygen atoms in total. The Labute approximate surface area is 152 Å². The van der Waals surface area contributed by atoms with Crippen molar-refractivity contribution in [3.63, 3.8) is 0 Å². The number of amides is 1. The molecule has 1 aromatic carbocycles. The van der Waals surface area contributed by atoms with E-state index in [4.69, 9.17) is 5.26 Å². The van der Waals surface area contributed by atoms with Crippen molar-refractivity contribution in [2.24, 2.45) is 7.05 Å². The molecular formula is C17H16BrFN4O2. The Morgan fingerprint density at radius 2 is 2.16 bits per heavy atom. The summed E-state index contributed by atoms with van der Waals surface area (Å²) in [5.74, 6) is -0.973. The van der Waals surface area contributed by atoms with E-state index in [0.29, 0.717) is 4.47 Å². The lowest BCUT2D eigenvalue weighted by Crippen LogP contribution is -2.29. The number of nitrogens with one attached hydrogen (secondary N) is 2. The zero-order valence-corrected chi connectivity index (χ0v) is 15.3. The highest BCUT2D eigenvalue weighted by atomic mass is 79.9. The number of rotatable bonds is 5. The predicted molar refractivity (Wildman–Crippen MR) is 96.4 cm³/mol. The van der Waals surface area contributed by atoms with E-state index in [1.165, 1.54) is 29.9 Å². The van der Waals surface area contributed by atoms with Crippen molar-refractivity contribution in [2.45, 2.75) is 13.3 Å². The Bertz CT molecular complexity index is 918. The normalized spacial score (nSPS) is 10.2. The minimum absolute atomic E-state index is 0.144. The summed E-state index contributed by atoms with van der Waals surface area (Å²) in [4.78, 5) is 24.6. The number of halogens is 2. The first-order valence-electron chi connectivity index (χ1n) is 7.42. The van der Waals surface area contributed by atoms with Crippen LogP contribution in [0.3, 0.4) is 0 Å². The minimum Gasteiger partial charge on any atom is -0.352 e. The highest BCUT2D eigenvalue weighted by molar-refractivity contribution is 9.10. The van der Waals surface area contributed by atoms with Crippen LogP contribution in [0.25, 0.3) is 0 Å². The van der Waals surface area contributed by atoms with Gasteiger partial charge in [-0.05, 0) is 25.1 Å². The number of nitriles is 1. The van der Waals surface area contributed by atoms with Gasteiger partial charge >= 0.3 is 0 Å². The number of carbonyl (C=O) groups excluding carboxylic acids is 1. The molecule has 0 atom stereocenters. The quantitative estimate of drug-likeness (QED) is 0.747. The smallest absolute Gasteiger partial charge is 0.255 e. The van der Waals surface area contributed by atoms with Gasteiger partial charge in [-0.3, -0.25) is 9.59 Å². The third kappa shape index (κ3) is 4.25. The second-order valence-electron chi connectivity index (χ2n) is 5.37. The molecule has 0 spiro atoms. The van der Waals surface area contributed by atoms with Gasteiger partial charge in [0, 0.05) is 29.8 Å². The minimum atomic E-state index is -0.523. The Kier molecular flexibility index (Phi) is 5.93. The van der Waals surface area contributed by atoms with Gasteiger partial charge in [0.1, 0.15) is 5.82 Å². The molecule has 2 aromatic rings. The zero-order chi connectivity index (χ0) is 18.6. The summed E-state index contributed by atoms with van der Waals surface area (Å²) in [6.45, 7) is 1.75. The van der Waals surface area contributed by atoms with Crippen molar-refractivity contribution >= 4 is 33.2 Å². The third-order valence-electron chi connectivity index (χ3n) is 3.57. The van der Waals surface area contributed by atoms with Crippen LogP contribution in [0.15, 0.2) is 33.7 Å². The Hall–Kier alpha value is -2.66.